The van der Waals surface area contributed by atoms with Crippen molar-refractivity contribution in [1.29, 1.82) is 0 Å². The summed E-state index contributed by atoms with van der Waals surface area (Å²) in [6.07, 6.45) is 0.612. The molecule has 3 rings (SSSR count). The van der Waals surface area contributed by atoms with Gasteiger partial charge in [0.05, 0.1) is 24.9 Å². The number of aliphatic hydroxyl groups is 2. The van der Waals surface area contributed by atoms with Gasteiger partial charge in [-0.15, -0.1) is 0 Å². The number of β-amino-alcohol motifs (C(OH)–C–C–N with tert-alkyl or cyclic N) is 1. The minimum Gasteiger partial charge on any atom is -0.449 e. The summed E-state index contributed by atoms with van der Waals surface area (Å²) in [4.78, 5) is 14.3. The highest BCUT2D eigenvalue weighted by Crippen LogP contribution is 2.37. The zero-order valence-electron chi connectivity index (χ0n) is 15.4. The fourth-order valence-electron chi connectivity index (χ4n) is 2.91. The van der Waals surface area contributed by atoms with E-state index in [2.05, 4.69) is 13.8 Å². The van der Waals surface area contributed by atoms with Crippen molar-refractivity contribution >= 4 is 23.4 Å². The normalized spacial score (nSPS) is 16.4. The maximum absolute atomic E-state index is 12.9. The fraction of sp³-hybridized carbons (Fsp3) is 0.286. The first-order valence-electron chi connectivity index (χ1n) is 8.89. The Labute approximate surface area is 158 Å². The molecule has 1 unspecified atom stereocenters. The Hall–Kier alpha value is -2.83. The van der Waals surface area contributed by atoms with E-state index in [1.54, 1.807) is 24.3 Å². The van der Waals surface area contributed by atoms with Crippen LogP contribution in [-0.4, -0.2) is 35.4 Å². The van der Waals surface area contributed by atoms with Gasteiger partial charge in [-0.1, -0.05) is 38.1 Å². The molecular weight excluding hydrogens is 344 g/mol. The minimum atomic E-state index is -1.05. The number of nitrogens with zero attached hydrogens (tertiary/aromatic N) is 1. The molecule has 6 heteroatoms. The van der Waals surface area contributed by atoms with Gasteiger partial charge in [0, 0.05) is 11.8 Å². The zero-order valence-corrected chi connectivity index (χ0v) is 15.4. The first-order chi connectivity index (χ1) is 12.9. The first kappa shape index (κ1) is 18.9. The first-order valence-corrected chi connectivity index (χ1v) is 8.89. The largest absolute Gasteiger partial charge is 0.449 e. The van der Waals surface area contributed by atoms with Crippen LogP contribution >= 0.6 is 0 Å². The Morgan fingerprint density at radius 3 is 2.52 bits per heavy atom. The number of nitrogens with two attached hydrogens (primary N) is 1. The molecule has 6 nitrogen and oxygen atoms in total. The number of amides is 1. The average molecular weight is 368 g/mol. The van der Waals surface area contributed by atoms with Crippen LogP contribution in [0.25, 0.3) is 6.08 Å². The Balaban J connectivity index is 1.97. The van der Waals surface area contributed by atoms with E-state index in [1.807, 2.05) is 24.3 Å². The molecule has 2 aromatic carbocycles. The predicted octanol–water partition coefficient (Wildman–Crippen LogP) is 2.51. The molecule has 1 heterocycles. The second-order valence-electron chi connectivity index (χ2n) is 6.91. The number of hydrogen-bond acceptors (Lipinski definition) is 5. The summed E-state index contributed by atoms with van der Waals surface area (Å²) in [5.74, 6) is 0.609. The molecule has 0 aromatic heterocycles. The molecule has 0 radical (unpaired) electrons. The van der Waals surface area contributed by atoms with Gasteiger partial charge in [-0.25, -0.2) is 0 Å². The molecule has 4 N–H and O–H groups in total. The summed E-state index contributed by atoms with van der Waals surface area (Å²) in [5.41, 5.74) is 8.89. The van der Waals surface area contributed by atoms with Gasteiger partial charge < -0.3 is 20.7 Å². The number of anilines is 2. The molecule has 2 aromatic rings. The van der Waals surface area contributed by atoms with Crippen molar-refractivity contribution in [2.75, 3.05) is 23.8 Å². The summed E-state index contributed by atoms with van der Waals surface area (Å²) in [6, 6.07) is 12.9. The van der Waals surface area contributed by atoms with Gasteiger partial charge in [0.2, 0.25) is 0 Å². The van der Waals surface area contributed by atoms with Gasteiger partial charge in [0.15, 0.2) is 11.5 Å². The SMILES string of the molecule is CC(C)c1ccc(/C=C2/Oc3cc(N)ccc3N(CC(O)CO)C2=O)cc1. The number of carbonyl (C=O) groups excluding carboxylic acids is 1. The van der Waals surface area contributed by atoms with Crippen molar-refractivity contribution in [2.24, 2.45) is 0 Å². The topological polar surface area (TPSA) is 96.0 Å². The molecular formula is C21H24N2O4. The van der Waals surface area contributed by atoms with Crippen LogP contribution in [0.3, 0.4) is 0 Å². The number of benzene rings is 2. The lowest BCUT2D eigenvalue weighted by Gasteiger charge is -2.31. The summed E-state index contributed by atoms with van der Waals surface area (Å²) in [5, 5.41) is 19.0. The number of carbonyl (C=O) groups is 1. The highest BCUT2D eigenvalue weighted by molar-refractivity contribution is 6.10. The number of aliphatic hydroxyl groups excluding tert-OH is 2. The Morgan fingerprint density at radius 2 is 1.89 bits per heavy atom. The lowest BCUT2D eigenvalue weighted by Crippen LogP contribution is -2.43. The van der Waals surface area contributed by atoms with Crippen LogP contribution in [0.4, 0.5) is 11.4 Å². The third-order valence-corrected chi connectivity index (χ3v) is 4.46. The van der Waals surface area contributed by atoms with E-state index < -0.39 is 12.7 Å². The summed E-state index contributed by atoms with van der Waals surface area (Å²) in [6.45, 7) is 3.75. The lowest BCUT2D eigenvalue weighted by molar-refractivity contribution is -0.118. The lowest BCUT2D eigenvalue weighted by atomic mass is 10.0. The van der Waals surface area contributed by atoms with Crippen molar-refractivity contribution in [3.05, 3.63) is 59.4 Å². The average Bonchev–Trinajstić information content (AvgIpc) is 2.65. The van der Waals surface area contributed by atoms with Crippen LogP contribution in [0, 0.1) is 0 Å². The predicted molar refractivity (Wildman–Crippen MR) is 105 cm³/mol. The van der Waals surface area contributed by atoms with E-state index in [0.29, 0.717) is 23.0 Å². The van der Waals surface area contributed by atoms with Crippen LogP contribution in [-0.2, 0) is 4.79 Å². The van der Waals surface area contributed by atoms with Gasteiger partial charge in [-0.2, -0.15) is 0 Å². The second kappa shape index (κ2) is 7.82. The molecule has 142 valence electrons. The Morgan fingerprint density at radius 1 is 1.19 bits per heavy atom. The smallest absolute Gasteiger partial charge is 0.294 e. The molecule has 1 aliphatic rings. The summed E-state index contributed by atoms with van der Waals surface area (Å²) in [7, 11) is 0. The Kier molecular flexibility index (Phi) is 5.48. The molecule has 0 bridgehead atoms. The number of nitrogen functional groups attached to an aromatic ring is 1. The number of fused-ring (bicyclic) bond motifs is 1. The number of ether oxygens (including phenoxy) is 1. The third kappa shape index (κ3) is 4.13. The molecule has 0 aliphatic carbocycles. The minimum absolute atomic E-state index is 0.0424. The highest BCUT2D eigenvalue weighted by atomic mass is 16.5. The summed E-state index contributed by atoms with van der Waals surface area (Å²) < 4.78 is 5.80. The highest BCUT2D eigenvalue weighted by Gasteiger charge is 2.31. The summed E-state index contributed by atoms with van der Waals surface area (Å²) >= 11 is 0. The van der Waals surface area contributed by atoms with E-state index >= 15 is 0 Å². The molecule has 0 spiro atoms. The van der Waals surface area contributed by atoms with Gasteiger partial charge in [-0.3, -0.25) is 9.69 Å². The second-order valence-corrected chi connectivity index (χ2v) is 6.91. The number of rotatable bonds is 5. The van der Waals surface area contributed by atoms with Crippen molar-refractivity contribution in [2.45, 2.75) is 25.9 Å². The van der Waals surface area contributed by atoms with Crippen LogP contribution in [0.15, 0.2) is 48.2 Å². The fourth-order valence-corrected chi connectivity index (χ4v) is 2.91. The molecule has 0 fully saturated rings. The maximum atomic E-state index is 12.9. The van der Waals surface area contributed by atoms with Gasteiger partial charge in [0.1, 0.15) is 0 Å². The molecule has 27 heavy (non-hydrogen) atoms. The van der Waals surface area contributed by atoms with Crippen molar-refractivity contribution in [3.63, 3.8) is 0 Å². The van der Waals surface area contributed by atoms with Crippen molar-refractivity contribution in [3.8, 4) is 5.75 Å². The van der Waals surface area contributed by atoms with E-state index in [0.717, 1.165) is 5.56 Å². The maximum Gasteiger partial charge on any atom is 0.294 e. The molecule has 1 amide bonds. The van der Waals surface area contributed by atoms with Crippen LogP contribution in [0.5, 0.6) is 5.75 Å². The van der Waals surface area contributed by atoms with E-state index in [4.69, 9.17) is 15.6 Å². The Bertz CT molecular complexity index is 859. The monoisotopic (exact) mass is 368 g/mol. The molecule has 0 saturated carbocycles. The quantitative estimate of drug-likeness (QED) is 0.557. The van der Waals surface area contributed by atoms with E-state index in [1.165, 1.54) is 10.5 Å². The van der Waals surface area contributed by atoms with Gasteiger partial charge in [-0.05, 0) is 35.3 Å². The van der Waals surface area contributed by atoms with Crippen LogP contribution in [0.1, 0.15) is 30.9 Å². The third-order valence-electron chi connectivity index (χ3n) is 4.46. The zero-order chi connectivity index (χ0) is 19.6. The molecule has 1 atom stereocenters. The van der Waals surface area contributed by atoms with Crippen LogP contribution in [0.2, 0.25) is 0 Å². The van der Waals surface area contributed by atoms with Gasteiger partial charge >= 0.3 is 0 Å². The van der Waals surface area contributed by atoms with E-state index in [9.17, 15) is 9.90 Å². The number of hydrogen-bond donors (Lipinski definition) is 3. The van der Waals surface area contributed by atoms with Crippen molar-refractivity contribution < 1.29 is 19.7 Å². The van der Waals surface area contributed by atoms with Crippen LogP contribution < -0.4 is 15.4 Å². The molecule has 0 saturated heterocycles. The van der Waals surface area contributed by atoms with E-state index in [-0.39, 0.29) is 18.2 Å². The standard InChI is InChI=1S/C21H24N2O4/c1-13(2)15-5-3-14(4-6-15)9-20-21(26)23(11-17(25)12-24)18-8-7-16(22)10-19(18)27-20/h3-10,13,17,24-25H,11-12,22H2,1-2H3/b20-9+. The molecule has 1 aliphatic heterocycles. The van der Waals surface area contributed by atoms with Crippen molar-refractivity contribution in [1.82, 2.24) is 0 Å². The van der Waals surface area contributed by atoms with Gasteiger partial charge in [0.25, 0.3) is 5.91 Å².